The van der Waals surface area contributed by atoms with E-state index in [1.807, 2.05) is 24.3 Å². The predicted molar refractivity (Wildman–Crippen MR) is 111 cm³/mol. The molecule has 27 heavy (non-hydrogen) atoms. The number of nitrogens with zero attached hydrogens (tertiary/aromatic N) is 2. The van der Waals surface area contributed by atoms with E-state index in [2.05, 4.69) is 57.0 Å². The maximum Gasteiger partial charge on any atom is 0.277 e. The van der Waals surface area contributed by atoms with Crippen LogP contribution in [0.5, 0.6) is 0 Å². The molecule has 0 N–H and O–H groups in total. The number of hydrogen-bond acceptors (Lipinski definition) is 3. The molecule has 0 fully saturated rings. The van der Waals surface area contributed by atoms with Crippen LogP contribution in [0.25, 0.3) is 10.8 Å². The Morgan fingerprint density at radius 3 is 2.15 bits per heavy atom. The first-order valence-electron chi connectivity index (χ1n) is 9.18. The molecule has 0 unspecified atom stereocenters. The number of non-ortho nitro benzene ring substituents is 1. The Morgan fingerprint density at radius 1 is 0.889 bits per heavy atom. The highest BCUT2D eigenvalue weighted by atomic mass is 16.6. The van der Waals surface area contributed by atoms with Crippen LogP contribution in [-0.2, 0) is 18.5 Å². The molecule has 4 heteroatoms. The van der Waals surface area contributed by atoms with Gasteiger partial charge < -0.3 is 0 Å². The number of nitro benzene ring substituents is 1. The highest BCUT2D eigenvalue weighted by molar-refractivity contribution is 5.93. The van der Waals surface area contributed by atoms with Crippen LogP contribution in [-0.4, -0.2) is 16.9 Å². The van der Waals surface area contributed by atoms with Gasteiger partial charge in [0, 0.05) is 19.2 Å². The quantitative estimate of drug-likeness (QED) is 0.433. The van der Waals surface area contributed by atoms with Crippen LogP contribution in [0.3, 0.4) is 0 Å². The highest BCUT2D eigenvalue weighted by Gasteiger charge is 2.15. The predicted octanol–water partition coefficient (Wildman–Crippen LogP) is 5.68. The Kier molecular flexibility index (Phi) is 5.29. The van der Waals surface area contributed by atoms with Crippen molar-refractivity contribution in [2.75, 3.05) is 7.05 Å². The lowest BCUT2D eigenvalue weighted by Gasteiger charge is -2.21. The summed E-state index contributed by atoms with van der Waals surface area (Å²) in [6, 6.07) is 19.8. The minimum Gasteiger partial charge on any atom is -0.298 e. The van der Waals surface area contributed by atoms with E-state index in [0.717, 1.165) is 24.0 Å². The molecule has 0 aromatic heterocycles. The molecule has 3 aromatic rings. The molecule has 0 radical (unpaired) electrons. The normalized spacial score (nSPS) is 11.9. The van der Waals surface area contributed by atoms with Gasteiger partial charge in [0.1, 0.15) is 0 Å². The molecular formula is C23H26N2O2. The zero-order chi connectivity index (χ0) is 19.6. The Balaban J connectivity index is 1.79. The smallest absolute Gasteiger partial charge is 0.277 e. The molecule has 4 nitrogen and oxygen atoms in total. The van der Waals surface area contributed by atoms with Crippen molar-refractivity contribution in [2.45, 2.75) is 39.3 Å². The van der Waals surface area contributed by atoms with E-state index in [9.17, 15) is 10.1 Å². The van der Waals surface area contributed by atoms with Crippen molar-refractivity contribution in [3.05, 3.63) is 87.5 Å². The zero-order valence-corrected chi connectivity index (χ0v) is 16.4. The molecule has 0 saturated carbocycles. The maximum atomic E-state index is 11.3. The van der Waals surface area contributed by atoms with E-state index < -0.39 is 0 Å². The van der Waals surface area contributed by atoms with E-state index in [1.165, 1.54) is 11.1 Å². The molecule has 0 bridgehead atoms. The second kappa shape index (κ2) is 7.49. The lowest BCUT2D eigenvalue weighted by molar-refractivity contribution is -0.383. The summed E-state index contributed by atoms with van der Waals surface area (Å²) in [6.07, 6.45) is 0. The third-order valence-electron chi connectivity index (χ3n) is 4.90. The highest BCUT2D eigenvalue weighted by Crippen LogP contribution is 2.28. The molecule has 0 amide bonds. The summed E-state index contributed by atoms with van der Waals surface area (Å²) in [7, 11) is 2.08. The molecule has 0 saturated heterocycles. The average Bonchev–Trinajstić information content (AvgIpc) is 2.61. The molecule has 0 aliphatic carbocycles. The zero-order valence-electron chi connectivity index (χ0n) is 16.4. The number of benzene rings is 3. The van der Waals surface area contributed by atoms with Crippen LogP contribution in [0.1, 0.15) is 37.5 Å². The maximum absolute atomic E-state index is 11.3. The van der Waals surface area contributed by atoms with E-state index in [0.29, 0.717) is 5.39 Å². The Labute approximate surface area is 160 Å². The van der Waals surface area contributed by atoms with Gasteiger partial charge in [-0.3, -0.25) is 15.0 Å². The van der Waals surface area contributed by atoms with Gasteiger partial charge in [-0.1, -0.05) is 69.3 Å². The van der Waals surface area contributed by atoms with Crippen LogP contribution in [0.15, 0.2) is 60.7 Å². The summed E-state index contributed by atoms with van der Waals surface area (Å²) in [5.41, 5.74) is 4.01. The molecule has 3 aromatic carbocycles. The number of rotatable bonds is 5. The van der Waals surface area contributed by atoms with Crippen molar-refractivity contribution >= 4 is 16.5 Å². The Bertz CT molecular complexity index is 956. The molecule has 0 heterocycles. The SMILES string of the molecule is CN(Cc1ccc(C(C)(C)C)cc1)Cc1cccc2c([N+](=O)[O-])cccc12. The van der Waals surface area contributed by atoms with E-state index >= 15 is 0 Å². The Hall–Kier alpha value is -2.72. The van der Waals surface area contributed by atoms with Gasteiger partial charge in [-0.25, -0.2) is 0 Å². The van der Waals surface area contributed by atoms with Crippen molar-refractivity contribution in [2.24, 2.45) is 0 Å². The number of fused-ring (bicyclic) bond motifs is 1. The minimum absolute atomic E-state index is 0.155. The fourth-order valence-electron chi connectivity index (χ4n) is 3.42. The number of nitro groups is 1. The topological polar surface area (TPSA) is 46.4 Å². The van der Waals surface area contributed by atoms with Gasteiger partial charge in [-0.05, 0) is 40.6 Å². The summed E-state index contributed by atoms with van der Waals surface area (Å²) in [6.45, 7) is 8.21. The average molecular weight is 362 g/mol. The number of hydrogen-bond donors (Lipinski definition) is 0. The second-order valence-electron chi connectivity index (χ2n) is 8.17. The van der Waals surface area contributed by atoms with Gasteiger partial charge in [-0.2, -0.15) is 0 Å². The first kappa shape index (κ1) is 19.1. The van der Waals surface area contributed by atoms with Gasteiger partial charge >= 0.3 is 0 Å². The summed E-state index contributed by atoms with van der Waals surface area (Å²) >= 11 is 0. The molecule has 3 rings (SSSR count). The van der Waals surface area contributed by atoms with Crippen molar-refractivity contribution in [3.8, 4) is 0 Å². The lowest BCUT2D eigenvalue weighted by Crippen LogP contribution is -2.18. The molecule has 0 aliphatic heterocycles. The molecule has 0 aliphatic rings. The van der Waals surface area contributed by atoms with Gasteiger partial charge in [0.15, 0.2) is 0 Å². The fraction of sp³-hybridized carbons (Fsp3) is 0.304. The molecule has 140 valence electrons. The van der Waals surface area contributed by atoms with Crippen LogP contribution >= 0.6 is 0 Å². The van der Waals surface area contributed by atoms with Crippen molar-refractivity contribution in [1.29, 1.82) is 0 Å². The van der Waals surface area contributed by atoms with Crippen LogP contribution in [0, 0.1) is 10.1 Å². The minimum atomic E-state index is -0.313. The largest absolute Gasteiger partial charge is 0.298 e. The first-order valence-corrected chi connectivity index (χ1v) is 9.18. The summed E-state index contributed by atoms with van der Waals surface area (Å²) in [4.78, 5) is 13.2. The van der Waals surface area contributed by atoms with Gasteiger partial charge in [0.25, 0.3) is 5.69 Å². The first-order chi connectivity index (χ1) is 12.8. The van der Waals surface area contributed by atoms with Gasteiger partial charge in [0.2, 0.25) is 0 Å². The van der Waals surface area contributed by atoms with Crippen LogP contribution in [0.2, 0.25) is 0 Å². The summed E-state index contributed by atoms with van der Waals surface area (Å²) < 4.78 is 0. The fourth-order valence-corrected chi connectivity index (χ4v) is 3.42. The second-order valence-corrected chi connectivity index (χ2v) is 8.17. The molecule has 0 atom stereocenters. The van der Waals surface area contributed by atoms with Gasteiger partial charge in [-0.15, -0.1) is 0 Å². The van der Waals surface area contributed by atoms with Crippen LogP contribution < -0.4 is 0 Å². The van der Waals surface area contributed by atoms with Crippen molar-refractivity contribution in [3.63, 3.8) is 0 Å². The van der Waals surface area contributed by atoms with E-state index in [-0.39, 0.29) is 16.0 Å². The molecule has 0 spiro atoms. The van der Waals surface area contributed by atoms with E-state index in [4.69, 9.17) is 0 Å². The van der Waals surface area contributed by atoms with Crippen LogP contribution in [0.4, 0.5) is 5.69 Å². The third kappa shape index (κ3) is 4.34. The van der Waals surface area contributed by atoms with Gasteiger partial charge in [0.05, 0.1) is 10.3 Å². The molecular weight excluding hydrogens is 336 g/mol. The third-order valence-corrected chi connectivity index (χ3v) is 4.90. The lowest BCUT2D eigenvalue weighted by atomic mass is 9.87. The van der Waals surface area contributed by atoms with Crippen molar-refractivity contribution < 1.29 is 4.92 Å². The Morgan fingerprint density at radius 2 is 1.52 bits per heavy atom. The summed E-state index contributed by atoms with van der Waals surface area (Å²) in [5, 5.41) is 12.9. The van der Waals surface area contributed by atoms with Crippen molar-refractivity contribution in [1.82, 2.24) is 4.90 Å². The monoisotopic (exact) mass is 362 g/mol. The van der Waals surface area contributed by atoms with E-state index in [1.54, 1.807) is 12.1 Å². The summed E-state index contributed by atoms with van der Waals surface area (Å²) in [5.74, 6) is 0. The standard InChI is InChI=1S/C23H26N2O2/c1-23(2,3)19-13-11-17(12-14-19)15-24(4)16-18-7-5-9-21-20(18)8-6-10-22(21)25(26)27/h5-14H,15-16H2,1-4H3.